The summed E-state index contributed by atoms with van der Waals surface area (Å²) in [5.41, 5.74) is 7.22. The molecule has 0 radical (unpaired) electrons. The number of amides is 1. The maximum absolute atomic E-state index is 12.3. The molecule has 1 atom stereocenters. The van der Waals surface area contributed by atoms with E-state index in [0.717, 1.165) is 18.4 Å². The van der Waals surface area contributed by atoms with Crippen molar-refractivity contribution in [3.63, 3.8) is 0 Å². The molecule has 4 heteroatoms. The average molecular weight is 298 g/mol. The van der Waals surface area contributed by atoms with Crippen LogP contribution in [0, 0.1) is 5.92 Å². The molecule has 1 amide bonds. The van der Waals surface area contributed by atoms with Gasteiger partial charge in [0.05, 0.1) is 6.04 Å². The summed E-state index contributed by atoms with van der Waals surface area (Å²) in [7, 11) is 0. The Balaban J connectivity index is 1.64. The van der Waals surface area contributed by atoms with Gasteiger partial charge in [-0.2, -0.15) is 0 Å². The van der Waals surface area contributed by atoms with Gasteiger partial charge in [0, 0.05) is 19.8 Å². The van der Waals surface area contributed by atoms with Gasteiger partial charge in [0.2, 0.25) is 5.91 Å². The van der Waals surface area contributed by atoms with Crippen LogP contribution in [0.1, 0.15) is 18.4 Å². The lowest BCUT2D eigenvalue weighted by Gasteiger charge is -2.26. The Morgan fingerprint density at radius 2 is 1.91 bits per heavy atom. The highest BCUT2D eigenvalue weighted by Gasteiger charge is 2.26. The summed E-state index contributed by atoms with van der Waals surface area (Å²) in [6, 6.07) is 13.9. The second kappa shape index (κ2) is 6.90. The molecular formula is C18H22N2O2. The quantitative estimate of drug-likeness (QED) is 0.909. The van der Waals surface area contributed by atoms with Crippen molar-refractivity contribution in [2.75, 3.05) is 13.2 Å². The Hall–Kier alpha value is -1.91. The summed E-state index contributed by atoms with van der Waals surface area (Å²) < 4.78 is 5.32. The number of fused-ring (bicyclic) bond motifs is 1. The van der Waals surface area contributed by atoms with Crippen LogP contribution in [0.3, 0.4) is 0 Å². The zero-order valence-corrected chi connectivity index (χ0v) is 12.6. The number of hydrogen-bond donors (Lipinski definition) is 2. The number of carbonyl (C=O) groups excluding carboxylic acids is 1. The Labute approximate surface area is 130 Å². The van der Waals surface area contributed by atoms with Crippen molar-refractivity contribution in [1.29, 1.82) is 0 Å². The van der Waals surface area contributed by atoms with Crippen molar-refractivity contribution in [2.24, 2.45) is 11.7 Å². The molecular weight excluding hydrogens is 276 g/mol. The van der Waals surface area contributed by atoms with Crippen molar-refractivity contribution in [1.82, 2.24) is 5.32 Å². The minimum atomic E-state index is -0.445. The van der Waals surface area contributed by atoms with Crippen molar-refractivity contribution in [3.8, 4) is 0 Å². The molecule has 3 rings (SSSR count). The highest BCUT2D eigenvalue weighted by molar-refractivity contribution is 5.86. The first-order chi connectivity index (χ1) is 10.8. The number of carbonyl (C=O) groups is 1. The molecule has 22 heavy (non-hydrogen) atoms. The Morgan fingerprint density at radius 3 is 2.73 bits per heavy atom. The molecule has 1 aliphatic heterocycles. The molecule has 0 aliphatic carbocycles. The summed E-state index contributed by atoms with van der Waals surface area (Å²) >= 11 is 0. The summed E-state index contributed by atoms with van der Waals surface area (Å²) in [6.07, 6.45) is 1.73. The van der Waals surface area contributed by atoms with Gasteiger partial charge < -0.3 is 15.8 Å². The normalized spacial score (nSPS) is 17.3. The van der Waals surface area contributed by atoms with Crippen LogP contribution in [0.25, 0.3) is 10.8 Å². The number of nitrogens with two attached hydrogens (primary N) is 1. The number of hydrogen-bond acceptors (Lipinski definition) is 3. The van der Waals surface area contributed by atoms with Gasteiger partial charge in [-0.05, 0) is 35.1 Å². The fraction of sp³-hybridized carbons (Fsp3) is 0.389. The van der Waals surface area contributed by atoms with Gasteiger partial charge in [-0.3, -0.25) is 4.79 Å². The molecule has 1 heterocycles. The second-order valence-electron chi connectivity index (χ2n) is 5.83. The van der Waals surface area contributed by atoms with E-state index in [1.54, 1.807) is 0 Å². The molecule has 0 bridgehead atoms. The first-order valence-electron chi connectivity index (χ1n) is 7.83. The zero-order valence-electron chi connectivity index (χ0n) is 12.6. The van der Waals surface area contributed by atoms with E-state index in [0.29, 0.717) is 19.8 Å². The van der Waals surface area contributed by atoms with Crippen LogP contribution in [-0.4, -0.2) is 25.2 Å². The molecule has 3 N–H and O–H groups in total. The maximum Gasteiger partial charge on any atom is 0.237 e. The number of rotatable bonds is 4. The number of benzene rings is 2. The predicted octanol–water partition coefficient (Wildman–Crippen LogP) is 2.21. The largest absolute Gasteiger partial charge is 0.381 e. The summed E-state index contributed by atoms with van der Waals surface area (Å²) in [5.74, 6) is 0.154. The van der Waals surface area contributed by atoms with Gasteiger partial charge >= 0.3 is 0 Å². The van der Waals surface area contributed by atoms with E-state index in [4.69, 9.17) is 10.5 Å². The lowest BCUT2D eigenvalue weighted by molar-refractivity contribution is -0.124. The van der Waals surface area contributed by atoms with Crippen molar-refractivity contribution in [2.45, 2.75) is 25.4 Å². The Kier molecular flexibility index (Phi) is 4.71. The predicted molar refractivity (Wildman–Crippen MR) is 87.3 cm³/mol. The highest BCUT2D eigenvalue weighted by Crippen LogP contribution is 2.19. The van der Waals surface area contributed by atoms with Crippen molar-refractivity contribution < 1.29 is 9.53 Å². The van der Waals surface area contributed by atoms with Gasteiger partial charge in [-0.1, -0.05) is 42.5 Å². The van der Waals surface area contributed by atoms with E-state index in [1.807, 2.05) is 24.3 Å². The first-order valence-corrected chi connectivity index (χ1v) is 7.83. The Morgan fingerprint density at radius 1 is 1.18 bits per heavy atom. The maximum atomic E-state index is 12.3. The second-order valence-corrected chi connectivity index (χ2v) is 5.83. The minimum Gasteiger partial charge on any atom is -0.381 e. The van der Waals surface area contributed by atoms with E-state index in [9.17, 15) is 4.79 Å². The molecule has 0 spiro atoms. The molecule has 1 fully saturated rings. The SMILES string of the molecule is NC(C(=O)NCc1cccc2ccccc12)C1CCOCC1. The monoisotopic (exact) mass is 298 g/mol. The van der Waals surface area contributed by atoms with E-state index in [1.165, 1.54) is 10.8 Å². The van der Waals surface area contributed by atoms with Crippen LogP contribution < -0.4 is 11.1 Å². The molecule has 1 aliphatic rings. The van der Waals surface area contributed by atoms with Gasteiger partial charge in [0.15, 0.2) is 0 Å². The van der Waals surface area contributed by atoms with E-state index >= 15 is 0 Å². The highest BCUT2D eigenvalue weighted by atomic mass is 16.5. The molecule has 0 aromatic heterocycles. The standard InChI is InChI=1S/C18H22N2O2/c19-17(14-8-10-22-11-9-14)18(21)20-12-15-6-3-5-13-4-1-2-7-16(13)15/h1-7,14,17H,8-12,19H2,(H,20,21). The molecule has 0 saturated carbocycles. The van der Waals surface area contributed by atoms with Crippen LogP contribution in [0.15, 0.2) is 42.5 Å². The summed E-state index contributed by atoms with van der Waals surface area (Å²) in [4.78, 5) is 12.3. The van der Waals surface area contributed by atoms with Gasteiger partial charge in [0.1, 0.15) is 0 Å². The fourth-order valence-electron chi connectivity index (χ4n) is 3.04. The number of ether oxygens (including phenoxy) is 1. The van der Waals surface area contributed by atoms with E-state index < -0.39 is 6.04 Å². The molecule has 2 aromatic carbocycles. The third-order valence-corrected chi connectivity index (χ3v) is 4.41. The lowest BCUT2D eigenvalue weighted by atomic mass is 9.92. The van der Waals surface area contributed by atoms with Gasteiger partial charge in [-0.25, -0.2) is 0 Å². The molecule has 1 saturated heterocycles. The molecule has 116 valence electrons. The average Bonchev–Trinajstić information content (AvgIpc) is 2.59. The number of nitrogens with one attached hydrogen (secondary N) is 1. The zero-order chi connectivity index (χ0) is 15.4. The van der Waals surface area contributed by atoms with Crippen LogP contribution in [-0.2, 0) is 16.1 Å². The topological polar surface area (TPSA) is 64.4 Å². The molecule has 1 unspecified atom stereocenters. The third-order valence-electron chi connectivity index (χ3n) is 4.41. The summed E-state index contributed by atoms with van der Waals surface area (Å²) in [6.45, 7) is 1.92. The van der Waals surface area contributed by atoms with Crippen molar-refractivity contribution >= 4 is 16.7 Å². The van der Waals surface area contributed by atoms with Crippen LogP contribution in [0.5, 0.6) is 0 Å². The first kappa shape index (κ1) is 15.0. The van der Waals surface area contributed by atoms with Crippen molar-refractivity contribution in [3.05, 3.63) is 48.0 Å². The van der Waals surface area contributed by atoms with Crippen LogP contribution >= 0.6 is 0 Å². The third kappa shape index (κ3) is 3.29. The smallest absolute Gasteiger partial charge is 0.237 e. The summed E-state index contributed by atoms with van der Waals surface area (Å²) in [5, 5.41) is 5.34. The lowest BCUT2D eigenvalue weighted by Crippen LogP contribution is -2.46. The van der Waals surface area contributed by atoms with Crippen LogP contribution in [0.2, 0.25) is 0 Å². The van der Waals surface area contributed by atoms with E-state index in [-0.39, 0.29) is 11.8 Å². The Bertz CT molecular complexity index is 645. The van der Waals surface area contributed by atoms with Gasteiger partial charge in [-0.15, -0.1) is 0 Å². The fourth-order valence-corrected chi connectivity index (χ4v) is 3.04. The van der Waals surface area contributed by atoms with Gasteiger partial charge in [0.25, 0.3) is 0 Å². The van der Waals surface area contributed by atoms with E-state index in [2.05, 4.69) is 23.5 Å². The minimum absolute atomic E-state index is 0.0696. The molecule has 2 aromatic rings. The van der Waals surface area contributed by atoms with Crippen LogP contribution in [0.4, 0.5) is 0 Å². The molecule has 4 nitrogen and oxygen atoms in total.